The van der Waals surface area contributed by atoms with Gasteiger partial charge < -0.3 is 4.74 Å². The van der Waals surface area contributed by atoms with Gasteiger partial charge in [0.25, 0.3) is 0 Å². The van der Waals surface area contributed by atoms with E-state index in [4.69, 9.17) is 5.26 Å². The molecular formula is C11H11NO2S. The fourth-order valence-electron chi connectivity index (χ4n) is 1.20. The molecule has 0 aliphatic rings. The molecule has 1 rings (SSSR count). The van der Waals surface area contributed by atoms with Crippen molar-refractivity contribution < 1.29 is 9.53 Å². The second-order valence-corrected chi connectivity index (χ2v) is 3.90. The second-order valence-electron chi connectivity index (χ2n) is 2.91. The lowest BCUT2D eigenvalue weighted by Crippen LogP contribution is -2.20. The number of thioether (sulfide) groups is 1. The Balaban J connectivity index is 2.68. The van der Waals surface area contributed by atoms with Gasteiger partial charge in [-0.2, -0.15) is 5.26 Å². The number of esters is 1. The standard InChI is InChI=1S/C11H11NO2S/c1-14-11(13)10(15-8-12)7-9-5-3-2-4-6-9/h2-6,10H,7H2,1H3/t10-/m1/s1. The first-order valence-corrected chi connectivity index (χ1v) is 5.32. The van der Waals surface area contributed by atoms with Gasteiger partial charge in [0.15, 0.2) is 0 Å². The largest absolute Gasteiger partial charge is 0.468 e. The summed E-state index contributed by atoms with van der Waals surface area (Å²) in [7, 11) is 1.33. The summed E-state index contributed by atoms with van der Waals surface area (Å²) in [6.45, 7) is 0. The van der Waals surface area contributed by atoms with E-state index in [0.29, 0.717) is 6.42 Å². The van der Waals surface area contributed by atoms with Crippen LogP contribution in [0, 0.1) is 10.7 Å². The van der Waals surface area contributed by atoms with Gasteiger partial charge in [0.1, 0.15) is 10.7 Å². The van der Waals surface area contributed by atoms with Crippen LogP contribution in [0.15, 0.2) is 30.3 Å². The number of thiocyanates is 1. The first kappa shape index (κ1) is 11.6. The highest BCUT2D eigenvalue weighted by Crippen LogP contribution is 2.16. The molecule has 0 N–H and O–H groups in total. The number of carbonyl (C=O) groups is 1. The lowest BCUT2D eigenvalue weighted by atomic mass is 10.1. The topological polar surface area (TPSA) is 50.1 Å². The van der Waals surface area contributed by atoms with Gasteiger partial charge >= 0.3 is 5.97 Å². The normalized spacial score (nSPS) is 11.5. The maximum Gasteiger partial charge on any atom is 0.320 e. The number of carbonyl (C=O) groups excluding carboxylic acids is 1. The molecule has 0 bridgehead atoms. The Hall–Kier alpha value is -1.47. The second kappa shape index (κ2) is 6.10. The van der Waals surface area contributed by atoms with Gasteiger partial charge in [-0.3, -0.25) is 4.79 Å². The molecule has 3 nitrogen and oxygen atoms in total. The molecule has 0 fully saturated rings. The highest BCUT2D eigenvalue weighted by Gasteiger charge is 2.20. The van der Waals surface area contributed by atoms with Crippen LogP contribution in [0.2, 0.25) is 0 Å². The van der Waals surface area contributed by atoms with E-state index in [-0.39, 0.29) is 5.97 Å². The van der Waals surface area contributed by atoms with Gasteiger partial charge in [0.2, 0.25) is 0 Å². The van der Waals surface area contributed by atoms with Crippen LogP contribution in [0.1, 0.15) is 5.56 Å². The molecule has 1 atom stereocenters. The molecule has 4 heteroatoms. The average molecular weight is 221 g/mol. The molecule has 0 spiro atoms. The van der Waals surface area contributed by atoms with E-state index in [0.717, 1.165) is 17.3 Å². The van der Waals surface area contributed by atoms with E-state index in [2.05, 4.69) is 4.74 Å². The molecule has 0 radical (unpaired) electrons. The fraction of sp³-hybridized carbons (Fsp3) is 0.273. The summed E-state index contributed by atoms with van der Waals surface area (Å²) in [6, 6.07) is 9.57. The minimum absolute atomic E-state index is 0.356. The summed E-state index contributed by atoms with van der Waals surface area (Å²) in [5.74, 6) is -0.356. The molecule has 0 aliphatic carbocycles. The predicted octanol–water partition coefficient (Wildman–Crippen LogP) is 1.98. The first-order chi connectivity index (χ1) is 7.27. The van der Waals surface area contributed by atoms with Crippen molar-refractivity contribution in [3.8, 4) is 5.40 Å². The third-order valence-corrected chi connectivity index (χ3v) is 2.67. The summed E-state index contributed by atoms with van der Waals surface area (Å²) in [6.07, 6.45) is 0.520. The number of benzene rings is 1. The van der Waals surface area contributed by atoms with Crippen molar-refractivity contribution in [1.82, 2.24) is 0 Å². The molecule has 78 valence electrons. The number of nitriles is 1. The van der Waals surface area contributed by atoms with Crippen LogP contribution in [0.25, 0.3) is 0 Å². The van der Waals surface area contributed by atoms with Crippen molar-refractivity contribution in [3.05, 3.63) is 35.9 Å². The van der Waals surface area contributed by atoms with Crippen LogP contribution in [0.3, 0.4) is 0 Å². The van der Waals surface area contributed by atoms with Gasteiger partial charge in [0, 0.05) is 0 Å². The zero-order valence-electron chi connectivity index (χ0n) is 8.34. The van der Waals surface area contributed by atoms with Gasteiger partial charge in [-0.25, -0.2) is 0 Å². The monoisotopic (exact) mass is 221 g/mol. The Bertz CT molecular complexity index is 359. The van der Waals surface area contributed by atoms with Crippen molar-refractivity contribution in [2.75, 3.05) is 7.11 Å². The lowest BCUT2D eigenvalue weighted by Gasteiger charge is -2.09. The molecule has 0 heterocycles. The van der Waals surface area contributed by atoms with E-state index in [1.807, 2.05) is 35.7 Å². The first-order valence-electron chi connectivity index (χ1n) is 4.44. The zero-order valence-corrected chi connectivity index (χ0v) is 9.16. The maximum atomic E-state index is 11.3. The minimum atomic E-state index is -0.442. The molecule has 0 unspecified atom stereocenters. The average Bonchev–Trinajstić information content (AvgIpc) is 2.29. The van der Waals surface area contributed by atoms with Gasteiger partial charge in [-0.05, 0) is 23.7 Å². The van der Waals surface area contributed by atoms with E-state index in [1.165, 1.54) is 7.11 Å². The summed E-state index contributed by atoms with van der Waals surface area (Å²) in [5, 5.41) is 10.0. The predicted molar refractivity (Wildman–Crippen MR) is 59.2 cm³/mol. The smallest absolute Gasteiger partial charge is 0.320 e. The van der Waals surface area contributed by atoms with Crippen molar-refractivity contribution in [3.63, 3.8) is 0 Å². The Morgan fingerprint density at radius 2 is 2.20 bits per heavy atom. The molecular weight excluding hydrogens is 210 g/mol. The van der Waals surface area contributed by atoms with Crippen LogP contribution < -0.4 is 0 Å². The van der Waals surface area contributed by atoms with Crippen LogP contribution in [-0.2, 0) is 16.0 Å². The van der Waals surface area contributed by atoms with Gasteiger partial charge in [0.05, 0.1) is 7.11 Å². The molecule has 0 saturated carbocycles. The number of rotatable bonds is 4. The quantitative estimate of drug-likeness (QED) is 0.576. The summed E-state index contributed by atoms with van der Waals surface area (Å²) >= 11 is 0.935. The van der Waals surface area contributed by atoms with E-state index >= 15 is 0 Å². The lowest BCUT2D eigenvalue weighted by molar-refractivity contribution is -0.139. The number of methoxy groups -OCH3 is 1. The molecule has 0 amide bonds. The van der Waals surface area contributed by atoms with Crippen LogP contribution in [0.5, 0.6) is 0 Å². The Morgan fingerprint density at radius 3 is 2.73 bits per heavy atom. The third kappa shape index (κ3) is 3.64. The summed E-state index contributed by atoms with van der Waals surface area (Å²) in [5.41, 5.74) is 1.02. The SMILES string of the molecule is COC(=O)[C@@H](Cc1ccccc1)SC#N. The van der Waals surface area contributed by atoms with Crippen molar-refractivity contribution >= 4 is 17.7 Å². The minimum Gasteiger partial charge on any atom is -0.468 e. The summed E-state index contributed by atoms with van der Waals surface area (Å²) < 4.78 is 4.63. The van der Waals surface area contributed by atoms with Crippen molar-refractivity contribution in [1.29, 1.82) is 5.26 Å². The van der Waals surface area contributed by atoms with Crippen molar-refractivity contribution in [2.45, 2.75) is 11.7 Å². The van der Waals surface area contributed by atoms with Crippen LogP contribution in [-0.4, -0.2) is 18.3 Å². The van der Waals surface area contributed by atoms with Crippen LogP contribution in [0.4, 0.5) is 0 Å². The molecule has 1 aromatic rings. The summed E-state index contributed by atoms with van der Waals surface area (Å²) in [4.78, 5) is 11.3. The Labute approximate surface area is 93.0 Å². The van der Waals surface area contributed by atoms with Gasteiger partial charge in [-0.15, -0.1) is 0 Å². The molecule has 0 aromatic heterocycles. The number of ether oxygens (including phenoxy) is 1. The van der Waals surface area contributed by atoms with E-state index < -0.39 is 5.25 Å². The highest BCUT2D eigenvalue weighted by molar-refractivity contribution is 8.04. The molecule has 1 aromatic carbocycles. The highest BCUT2D eigenvalue weighted by atomic mass is 32.2. The molecule has 0 saturated heterocycles. The Kier molecular flexibility index (Phi) is 4.72. The Morgan fingerprint density at radius 1 is 1.53 bits per heavy atom. The number of nitrogens with zero attached hydrogens (tertiary/aromatic N) is 1. The number of hydrogen-bond donors (Lipinski definition) is 0. The zero-order chi connectivity index (χ0) is 11.1. The van der Waals surface area contributed by atoms with Crippen LogP contribution >= 0.6 is 11.8 Å². The molecule has 0 aliphatic heterocycles. The van der Waals surface area contributed by atoms with Gasteiger partial charge in [-0.1, -0.05) is 30.3 Å². The third-order valence-electron chi connectivity index (χ3n) is 1.92. The number of hydrogen-bond acceptors (Lipinski definition) is 4. The van der Waals surface area contributed by atoms with E-state index in [9.17, 15) is 4.79 Å². The maximum absolute atomic E-state index is 11.3. The fourth-order valence-corrected chi connectivity index (χ4v) is 1.79. The molecule has 15 heavy (non-hydrogen) atoms. The van der Waals surface area contributed by atoms with E-state index in [1.54, 1.807) is 0 Å². The van der Waals surface area contributed by atoms with Crippen molar-refractivity contribution in [2.24, 2.45) is 0 Å².